The van der Waals surface area contributed by atoms with E-state index in [0.717, 1.165) is 12.7 Å². The maximum absolute atomic E-state index is 12.4. The lowest BCUT2D eigenvalue weighted by Crippen LogP contribution is -2.34. The van der Waals surface area contributed by atoms with Crippen LogP contribution in [0.5, 0.6) is 0 Å². The molecule has 0 aliphatic rings. The van der Waals surface area contributed by atoms with E-state index in [2.05, 4.69) is 9.72 Å². The van der Waals surface area contributed by atoms with Gasteiger partial charge in [-0.15, -0.1) is 0 Å². The van der Waals surface area contributed by atoms with Gasteiger partial charge in [0.25, 0.3) is 0 Å². The lowest BCUT2D eigenvalue weighted by Gasteiger charge is -2.20. The molecule has 1 aromatic heterocycles. The standard InChI is InChI=1S/C14H24N2O6S/c1-4-5-9-23(18,19)16(7-6-8-20-2)10-13-15-12(11-22-13)14(17)21-3/h11H,4-10H2,1-3H3. The van der Waals surface area contributed by atoms with E-state index in [1.165, 1.54) is 11.4 Å². The van der Waals surface area contributed by atoms with Crippen LogP contribution in [0.2, 0.25) is 0 Å². The molecule has 0 atom stereocenters. The number of esters is 1. The van der Waals surface area contributed by atoms with E-state index < -0.39 is 16.0 Å². The van der Waals surface area contributed by atoms with Crippen LogP contribution in [0, 0.1) is 0 Å². The number of hydrogen-bond acceptors (Lipinski definition) is 7. The molecule has 0 aliphatic heterocycles. The van der Waals surface area contributed by atoms with E-state index in [1.54, 1.807) is 7.11 Å². The topological polar surface area (TPSA) is 98.9 Å². The summed E-state index contributed by atoms with van der Waals surface area (Å²) in [4.78, 5) is 15.3. The number of carbonyl (C=O) groups is 1. The fraction of sp³-hybridized carbons (Fsp3) is 0.714. The molecule has 0 unspecified atom stereocenters. The van der Waals surface area contributed by atoms with Crippen molar-refractivity contribution in [1.29, 1.82) is 0 Å². The van der Waals surface area contributed by atoms with Gasteiger partial charge in [-0.25, -0.2) is 18.2 Å². The van der Waals surface area contributed by atoms with Gasteiger partial charge in [-0.3, -0.25) is 0 Å². The van der Waals surface area contributed by atoms with E-state index in [9.17, 15) is 13.2 Å². The van der Waals surface area contributed by atoms with Crippen LogP contribution in [0.4, 0.5) is 0 Å². The smallest absolute Gasteiger partial charge is 0.360 e. The number of carbonyl (C=O) groups excluding carboxylic acids is 1. The van der Waals surface area contributed by atoms with Crippen LogP contribution in [0.3, 0.4) is 0 Å². The van der Waals surface area contributed by atoms with Gasteiger partial charge in [0.15, 0.2) is 5.69 Å². The lowest BCUT2D eigenvalue weighted by atomic mass is 10.4. The summed E-state index contributed by atoms with van der Waals surface area (Å²) >= 11 is 0. The minimum Gasteiger partial charge on any atom is -0.464 e. The summed E-state index contributed by atoms with van der Waals surface area (Å²) in [6, 6.07) is 0. The first-order valence-electron chi connectivity index (χ1n) is 7.44. The van der Waals surface area contributed by atoms with E-state index in [4.69, 9.17) is 9.15 Å². The molecule has 0 amide bonds. The van der Waals surface area contributed by atoms with E-state index in [0.29, 0.717) is 26.0 Å². The van der Waals surface area contributed by atoms with Crippen molar-refractivity contribution in [3.63, 3.8) is 0 Å². The van der Waals surface area contributed by atoms with Crippen LogP contribution in [-0.2, 0) is 26.0 Å². The maximum Gasteiger partial charge on any atom is 0.360 e. The zero-order valence-electron chi connectivity index (χ0n) is 13.8. The number of aromatic nitrogens is 1. The quantitative estimate of drug-likeness (QED) is 0.440. The van der Waals surface area contributed by atoms with Crippen molar-refractivity contribution >= 4 is 16.0 Å². The number of methoxy groups -OCH3 is 2. The fourth-order valence-corrected chi connectivity index (χ4v) is 3.52. The fourth-order valence-electron chi connectivity index (χ4n) is 1.89. The molecule has 1 heterocycles. The highest BCUT2D eigenvalue weighted by Crippen LogP contribution is 2.13. The van der Waals surface area contributed by atoms with Crippen LogP contribution in [-0.4, -0.2) is 56.8 Å². The normalized spacial score (nSPS) is 11.8. The largest absolute Gasteiger partial charge is 0.464 e. The van der Waals surface area contributed by atoms with E-state index in [1.807, 2.05) is 6.92 Å². The molecule has 0 aliphatic carbocycles. The molecule has 0 N–H and O–H groups in total. The molecular weight excluding hydrogens is 324 g/mol. The van der Waals surface area contributed by atoms with Gasteiger partial charge < -0.3 is 13.9 Å². The molecule has 0 spiro atoms. The molecule has 132 valence electrons. The average molecular weight is 348 g/mol. The molecule has 9 heteroatoms. The van der Waals surface area contributed by atoms with Crippen LogP contribution in [0.1, 0.15) is 42.6 Å². The number of sulfonamides is 1. The Bertz CT molecular complexity index is 584. The molecule has 0 fully saturated rings. The van der Waals surface area contributed by atoms with Gasteiger partial charge in [-0.05, 0) is 12.8 Å². The summed E-state index contributed by atoms with van der Waals surface area (Å²) in [7, 11) is -0.617. The summed E-state index contributed by atoms with van der Waals surface area (Å²) in [5.41, 5.74) is 0.0188. The summed E-state index contributed by atoms with van der Waals surface area (Å²) in [5, 5.41) is 0. The number of nitrogens with zero attached hydrogens (tertiary/aromatic N) is 2. The highest BCUT2D eigenvalue weighted by Gasteiger charge is 2.24. The molecule has 1 rings (SSSR count). The Labute approximate surface area is 136 Å². The first-order valence-corrected chi connectivity index (χ1v) is 9.05. The average Bonchev–Trinajstić information content (AvgIpc) is 3.00. The minimum atomic E-state index is -3.42. The molecule has 0 saturated heterocycles. The van der Waals surface area contributed by atoms with Crippen molar-refractivity contribution < 1.29 is 27.1 Å². The van der Waals surface area contributed by atoms with Crippen LogP contribution in [0.15, 0.2) is 10.7 Å². The number of rotatable bonds is 11. The van der Waals surface area contributed by atoms with Gasteiger partial charge in [-0.2, -0.15) is 4.31 Å². The molecular formula is C14H24N2O6S. The summed E-state index contributed by atoms with van der Waals surface area (Å²) in [6.07, 6.45) is 3.10. The molecule has 8 nitrogen and oxygen atoms in total. The summed E-state index contributed by atoms with van der Waals surface area (Å²) in [5.74, 6) is -0.399. The van der Waals surface area contributed by atoms with Crippen molar-refractivity contribution in [3.05, 3.63) is 17.8 Å². The maximum atomic E-state index is 12.4. The predicted octanol–water partition coefficient (Wildman–Crippen LogP) is 1.43. The second kappa shape index (κ2) is 9.64. The van der Waals surface area contributed by atoms with Gasteiger partial charge in [0.1, 0.15) is 6.26 Å². The molecule has 0 saturated carbocycles. The SMILES string of the molecule is CCCCS(=O)(=O)N(CCCOC)Cc1nc(C(=O)OC)co1. The van der Waals surface area contributed by atoms with Crippen molar-refractivity contribution in [1.82, 2.24) is 9.29 Å². The number of unbranched alkanes of at least 4 members (excludes halogenated alkanes) is 1. The minimum absolute atomic E-state index is 0.0188. The zero-order valence-corrected chi connectivity index (χ0v) is 14.6. The third kappa shape index (κ3) is 6.28. The van der Waals surface area contributed by atoms with Gasteiger partial charge in [-0.1, -0.05) is 13.3 Å². The third-order valence-corrected chi connectivity index (χ3v) is 5.07. The first kappa shape index (κ1) is 19.6. The Kier molecular flexibility index (Phi) is 8.21. The molecule has 0 aromatic carbocycles. The Morgan fingerprint density at radius 3 is 2.70 bits per heavy atom. The number of ether oxygens (including phenoxy) is 2. The first-order chi connectivity index (χ1) is 10.9. The summed E-state index contributed by atoms with van der Waals surface area (Å²) in [6.45, 7) is 2.67. The number of hydrogen-bond donors (Lipinski definition) is 0. The van der Waals surface area contributed by atoms with Gasteiger partial charge in [0.2, 0.25) is 15.9 Å². The highest BCUT2D eigenvalue weighted by atomic mass is 32.2. The van der Waals surface area contributed by atoms with E-state index in [-0.39, 0.29) is 23.9 Å². The molecule has 0 radical (unpaired) electrons. The second-order valence-electron chi connectivity index (χ2n) is 4.97. The van der Waals surface area contributed by atoms with Crippen LogP contribution >= 0.6 is 0 Å². The van der Waals surface area contributed by atoms with Gasteiger partial charge in [0, 0.05) is 20.3 Å². The van der Waals surface area contributed by atoms with Crippen molar-refractivity contribution in [2.24, 2.45) is 0 Å². The van der Waals surface area contributed by atoms with Crippen molar-refractivity contribution in [2.45, 2.75) is 32.7 Å². The monoisotopic (exact) mass is 348 g/mol. The molecule has 23 heavy (non-hydrogen) atoms. The highest BCUT2D eigenvalue weighted by molar-refractivity contribution is 7.89. The third-order valence-electron chi connectivity index (χ3n) is 3.16. The molecule has 0 bridgehead atoms. The predicted molar refractivity (Wildman–Crippen MR) is 83.4 cm³/mol. The zero-order chi connectivity index (χ0) is 17.3. The van der Waals surface area contributed by atoms with Gasteiger partial charge >= 0.3 is 5.97 Å². The van der Waals surface area contributed by atoms with Crippen molar-refractivity contribution in [2.75, 3.05) is 33.1 Å². The van der Waals surface area contributed by atoms with Crippen LogP contribution in [0.25, 0.3) is 0 Å². The Morgan fingerprint density at radius 1 is 1.35 bits per heavy atom. The molecule has 1 aromatic rings. The Balaban J connectivity index is 2.83. The summed E-state index contributed by atoms with van der Waals surface area (Å²) < 4.78 is 40.8. The Morgan fingerprint density at radius 2 is 2.09 bits per heavy atom. The van der Waals surface area contributed by atoms with Gasteiger partial charge in [0.05, 0.1) is 19.4 Å². The van der Waals surface area contributed by atoms with E-state index >= 15 is 0 Å². The van der Waals surface area contributed by atoms with Crippen molar-refractivity contribution in [3.8, 4) is 0 Å². The lowest BCUT2D eigenvalue weighted by molar-refractivity contribution is 0.0594. The van der Waals surface area contributed by atoms with Crippen LogP contribution < -0.4 is 0 Å². The Hall–Kier alpha value is -1.45. The number of oxazole rings is 1. The second-order valence-corrected chi connectivity index (χ2v) is 7.06.